The molecule has 0 bridgehead atoms. The van der Waals surface area contributed by atoms with Gasteiger partial charge in [0.15, 0.2) is 0 Å². The van der Waals surface area contributed by atoms with Crippen LogP contribution in [0.1, 0.15) is 13.3 Å². The molecule has 0 aliphatic rings. The Bertz CT molecular complexity index is 78.8. The third kappa shape index (κ3) is 6.02. The van der Waals surface area contributed by atoms with Gasteiger partial charge in [0.05, 0.1) is 0 Å². The summed E-state index contributed by atoms with van der Waals surface area (Å²) in [6, 6.07) is 0. The van der Waals surface area contributed by atoms with Gasteiger partial charge in [0.1, 0.15) is 0 Å². The summed E-state index contributed by atoms with van der Waals surface area (Å²) in [5, 5.41) is 0. The molecule has 1 atom stereocenters. The van der Waals surface area contributed by atoms with Gasteiger partial charge in [-0.15, -0.1) is 0 Å². The van der Waals surface area contributed by atoms with Gasteiger partial charge in [0.25, 0.3) is 0 Å². The van der Waals surface area contributed by atoms with Crippen LogP contribution in [0, 0.1) is 5.92 Å². The zero-order valence-corrected chi connectivity index (χ0v) is 5.97. The molecular formula is C5H9F3S. The molecule has 0 rings (SSSR count). The highest BCUT2D eigenvalue weighted by Crippen LogP contribution is 2.24. The van der Waals surface area contributed by atoms with Crippen molar-refractivity contribution in [1.82, 2.24) is 0 Å². The summed E-state index contributed by atoms with van der Waals surface area (Å²) >= 11 is 3.73. The molecule has 1 unspecified atom stereocenters. The number of thiol groups is 1. The van der Waals surface area contributed by atoms with E-state index in [2.05, 4.69) is 12.6 Å². The van der Waals surface area contributed by atoms with Gasteiger partial charge in [0, 0.05) is 6.42 Å². The maximum Gasteiger partial charge on any atom is 0.389 e. The minimum Gasteiger partial charge on any atom is -0.179 e. The van der Waals surface area contributed by atoms with Crippen molar-refractivity contribution in [2.45, 2.75) is 19.5 Å². The lowest BCUT2D eigenvalue weighted by molar-refractivity contribution is -0.141. The van der Waals surface area contributed by atoms with Crippen LogP contribution >= 0.6 is 12.6 Å². The zero-order valence-electron chi connectivity index (χ0n) is 5.07. The smallest absolute Gasteiger partial charge is 0.179 e. The van der Waals surface area contributed by atoms with Gasteiger partial charge in [-0.25, -0.2) is 0 Å². The third-order valence-electron chi connectivity index (χ3n) is 0.892. The first-order valence-corrected chi connectivity index (χ1v) is 3.26. The summed E-state index contributed by atoms with van der Waals surface area (Å²) in [4.78, 5) is 0. The molecule has 0 N–H and O–H groups in total. The normalized spacial score (nSPS) is 15.7. The fourth-order valence-electron chi connectivity index (χ4n) is 0.460. The van der Waals surface area contributed by atoms with Gasteiger partial charge in [0.2, 0.25) is 0 Å². The van der Waals surface area contributed by atoms with E-state index < -0.39 is 12.6 Å². The molecule has 0 spiro atoms. The average molecular weight is 158 g/mol. The van der Waals surface area contributed by atoms with Crippen LogP contribution in [0.2, 0.25) is 0 Å². The molecule has 0 aliphatic heterocycles. The maximum atomic E-state index is 11.5. The SMILES string of the molecule is CC(CS)CC(F)(F)F. The van der Waals surface area contributed by atoms with Gasteiger partial charge < -0.3 is 0 Å². The molecule has 56 valence electrons. The van der Waals surface area contributed by atoms with Crippen molar-refractivity contribution in [2.24, 2.45) is 5.92 Å². The summed E-state index contributed by atoms with van der Waals surface area (Å²) < 4.78 is 34.4. The van der Waals surface area contributed by atoms with E-state index in [0.29, 0.717) is 5.75 Å². The molecule has 0 aliphatic carbocycles. The molecule has 0 fully saturated rings. The first-order valence-electron chi connectivity index (χ1n) is 2.63. The molecule has 0 saturated carbocycles. The number of alkyl halides is 3. The van der Waals surface area contributed by atoms with Crippen LogP contribution in [0.15, 0.2) is 0 Å². The van der Waals surface area contributed by atoms with E-state index >= 15 is 0 Å². The first-order chi connectivity index (χ1) is 3.95. The van der Waals surface area contributed by atoms with Gasteiger partial charge >= 0.3 is 6.18 Å². The Balaban J connectivity index is 3.47. The Morgan fingerprint density at radius 2 is 1.89 bits per heavy atom. The number of hydrogen-bond acceptors (Lipinski definition) is 1. The monoisotopic (exact) mass is 158 g/mol. The Labute approximate surface area is 57.9 Å². The molecule has 0 radical (unpaired) electrons. The molecule has 0 aromatic rings. The van der Waals surface area contributed by atoms with Crippen LogP contribution in [-0.2, 0) is 0 Å². The second-order valence-electron chi connectivity index (χ2n) is 2.11. The van der Waals surface area contributed by atoms with Crippen molar-refractivity contribution < 1.29 is 13.2 Å². The first kappa shape index (κ1) is 9.14. The van der Waals surface area contributed by atoms with E-state index in [0.717, 1.165) is 0 Å². The van der Waals surface area contributed by atoms with Crippen LogP contribution in [0.4, 0.5) is 13.2 Å². The van der Waals surface area contributed by atoms with E-state index in [9.17, 15) is 13.2 Å². The predicted octanol–water partition coefficient (Wildman–Crippen LogP) is 2.50. The lowest BCUT2D eigenvalue weighted by Gasteiger charge is -2.09. The van der Waals surface area contributed by atoms with Crippen LogP contribution in [0.5, 0.6) is 0 Å². The highest BCUT2D eigenvalue weighted by atomic mass is 32.1. The van der Waals surface area contributed by atoms with Gasteiger partial charge in [-0.3, -0.25) is 0 Å². The van der Waals surface area contributed by atoms with Crippen molar-refractivity contribution in [3.05, 3.63) is 0 Å². The topological polar surface area (TPSA) is 0 Å². The molecule has 0 saturated heterocycles. The van der Waals surface area contributed by atoms with Crippen molar-refractivity contribution in [3.8, 4) is 0 Å². The molecule has 0 aromatic carbocycles. The molecule has 0 amide bonds. The highest BCUT2D eigenvalue weighted by molar-refractivity contribution is 7.80. The van der Waals surface area contributed by atoms with Crippen molar-refractivity contribution in [2.75, 3.05) is 5.75 Å². The molecular weight excluding hydrogens is 149 g/mol. The van der Waals surface area contributed by atoms with Crippen molar-refractivity contribution in [3.63, 3.8) is 0 Å². The summed E-state index contributed by atoms with van der Waals surface area (Å²) in [6.45, 7) is 1.53. The second-order valence-corrected chi connectivity index (χ2v) is 2.47. The second kappa shape index (κ2) is 3.34. The Kier molecular flexibility index (Phi) is 3.40. The summed E-state index contributed by atoms with van der Waals surface area (Å²) in [5.41, 5.74) is 0. The fourth-order valence-corrected chi connectivity index (χ4v) is 0.589. The Hall–Kier alpha value is 0.140. The molecule has 4 heteroatoms. The van der Waals surface area contributed by atoms with E-state index in [-0.39, 0.29) is 5.92 Å². The lowest BCUT2D eigenvalue weighted by atomic mass is 10.1. The van der Waals surface area contributed by atoms with E-state index in [1.165, 1.54) is 6.92 Å². The van der Waals surface area contributed by atoms with Crippen molar-refractivity contribution in [1.29, 1.82) is 0 Å². The summed E-state index contributed by atoms with van der Waals surface area (Å²) in [6.07, 6.45) is -4.75. The average Bonchev–Trinajstić information content (AvgIpc) is 1.62. The van der Waals surface area contributed by atoms with Crippen molar-refractivity contribution >= 4 is 12.6 Å². The quantitative estimate of drug-likeness (QED) is 0.586. The van der Waals surface area contributed by atoms with E-state index in [4.69, 9.17) is 0 Å². The zero-order chi connectivity index (χ0) is 7.49. The van der Waals surface area contributed by atoms with Crippen LogP contribution in [0.25, 0.3) is 0 Å². The molecule has 9 heavy (non-hydrogen) atoms. The summed E-state index contributed by atoms with van der Waals surface area (Å²) in [5.74, 6) is -0.0761. The predicted molar refractivity (Wildman–Crippen MR) is 33.7 cm³/mol. The molecule has 0 nitrogen and oxygen atoms in total. The van der Waals surface area contributed by atoms with Crippen LogP contribution < -0.4 is 0 Å². The standard InChI is InChI=1S/C5H9F3S/c1-4(3-9)2-5(6,7)8/h4,9H,2-3H2,1H3. The summed E-state index contributed by atoms with van der Waals surface area (Å²) in [7, 11) is 0. The van der Waals surface area contributed by atoms with Gasteiger partial charge in [-0.2, -0.15) is 25.8 Å². The fraction of sp³-hybridized carbons (Fsp3) is 1.00. The molecule has 0 aromatic heterocycles. The van der Waals surface area contributed by atoms with Crippen LogP contribution in [0.3, 0.4) is 0 Å². The van der Waals surface area contributed by atoms with E-state index in [1.807, 2.05) is 0 Å². The Morgan fingerprint density at radius 3 is 2.00 bits per heavy atom. The van der Waals surface area contributed by atoms with Gasteiger partial charge in [-0.05, 0) is 11.7 Å². The van der Waals surface area contributed by atoms with E-state index in [1.54, 1.807) is 0 Å². The van der Waals surface area contributed by atoms with Gasteiger partial charge in [-0.1, -0.05) is 6.92 Å². The highest BCUT2D eigenvalue weighted by Gasteiger charge is 2.29. The largest absolute Gasteiger partial charge is 0.389 e. The minimum absolute atomic E-state index is 0.291. The number of rotatable bonds is 2. The lowest BCUT2D eigenvalue weighted by Crippen LogP contribution is -2.13. The minimum atomic E-state index is -4.03. The van der Waals surface area contributed by atoms with Crippen LogP contribution in [-0.4, -0.2) is 11.9 Å². The number of halogens is 3. The number of hydrogen-bond donors (Lipinski definition) is 1. The molecule has 0 heterocycles. The Morgan fingerprint density at radius 1 is 1.44 bits per heavy atom. The maximum absolute atomic E-state index is 11.5. The third-order valence-corrected chi connectivity index (χ3v) is 1.51.